The highest BCUT2D eigenvalue weighted by Gasteiger charge is 2.41. The molecule has 2 aliphatic rings. The van der Waals surface area contributed by atoms with Gasteiger partial charge in [-0.2, -0.15) is 0 Å². The first-order chi connectivity index (χ1) is 10.3. The number of ether oxygens (including phenoxy) is 1. The average Bonchev–Trinajstić information content (AvgIpc) is 3.01. The van der Waals surface area contributed by atoms with Gasteiger partial charge < -0.3 is 4.74 Å². The maximum absolute atomic E-state index is 11.4. The van der Waals surface area contributed by atoms with Crippen LogP contribution in [-0.2, 0) is 10.0 Å². The summed E-state index contributed by atoms with van der Waals surface area (Å²) in [5.74, 6) is 1.37. The Hall–Kier alpha value is -1.83. The van der Waals surface area contributed by atoms with E-state index in [1.807, 2.05) is 0 Å². The van der Waals surface area contributed by atoms with Crippen molar-refractivity contribution in [3.63, 3.8) is 0 Å². The number of nitrogens with one attached hydrogen (secondary N) is 1. The maximum Gasteiger partial charge on any atom is 0.273 e. The Labute approximate surface area is 128 Å². The molecule has 0 radical (unpaired) electrons. The number of nitro groups is 1. The number of rotatable bonds is 5. The number of nitrogens with zero attached hydrogens (tertiary/aromatic N) is 1. The van der Waals surface area contributed by atoms with Crippen LogP contribution in [0.5, 0.6) is 5.75 Å². The van der Waals surface area contributed by atoms with E-state index >= 15 is 0 Å². The van der Waals surface area contributed by atoms with E-state index in [1.165, 1.54) is 24.6 Å². The van der Waals surface area contributed by atoms with Crippen LogP contribution in [0.1, 0.15) is 25.7 Å². The Morgan fingerprint density at radius 3 is 2.64 bits per heavy atom. The van der Waals surface area contributed by atoms with E-state index < -0.39 is 14.9 Å². The number of hydrogen-bond donors (Lipinski definition) is 1. The molecule has 0 saturated heterocycles. The number of hydrogen-bond acceptors (Lipinski definition) is 5. The minimum Gasteiger partial charge on any atom is -0.488 e. The van der Waals surface area contributed by atoms with Crippen LogP contribution < -0.4 is 9.46 Å². The van der Waals surface area contributed by atoms with Gasteiger partial charge in [0.1, 0.15) is 6.10 Å². The molecule has 1 N–H and O–H groups in total. The molecule has 2 bridgehead atoms. The van der Waals surface area contributed by atoms with Gasteiger partial charge >= 0.3 is 0 Å². The molecule has 3 atom stereocenters. The van der Waals surface area contributed by atoms with E-state index in [-0.39, 0.29) is 23.2 Å². The van der Waals surface area contributed by atoms with Gasteiger partial charge in [0.15, 0.2) is 5.75 Å². The van der Waals surface area contributed by atoms with Crippen molar-refractivity contribution < 1.29 is 18.1 Å². The lowest BCUT2D eigenvalue weighted by molar-refractivity contribution is -0.384. The number of fused-ring (bicyclic) bond motifs is 2. The SMILES string of the molecule is CS(=O)(=O)Nc1ccc([N+](=O)[O-])cc1O[C@H]1C[C@H]2CC[C@@H]1C2. The third-order valence-corrected chi connectivity index (χ3v) is 5.01. The predicted octanol–water partition coefficient (Wildman–Crippen LogP) is 2.53. The average molecular weight is 326 g/mol. The third-order valence-electron chi connectivity index (χ3n) is 4.42. The van der Waals surface area contributed by atoms with Gasteiger partial charge in [-0.15, -0.1) is 0 Å². The third kappa shape index (κ3) is 3.16. The zero-order chi connectivity index (χ0) is 15.9. The summed E-state index contributed by atoms with van der Waals surface area (Å²) < 4.78 is 31.2. The summed E-state index contributed by atoms with van der Waals surface area (Å²) in [7, 11) is -3.48. The summed E-state index contributed by atoms with van der Waals surface area (Å²) in [5.41, 5.74) is 0.132. The van der Waals surface area contributed by atoms with Gasteiger partial charge in [0.25, 0.3) is 5.69 Å². The molecular weight excluding hydrogens is 308 g/mol. The molecule has 0 aromatic heterocycles. The van der Waals surface area contributed by atoms with Gasteiger partial charge in [-0.3, -0.25) is 14.8 Å². The minimum atomic E-state index is -3.48. The van der Waals surface area contributed by atoms with Crippen molar-refractivity contribution in [3.05, 3.63) is 28.3 Å². The summed E-state index contributed by atoms with van der Waals surface area (Å²) in [4.78, 5) is 10.4. The Bertz CT molecular complexity index is 703. The van der Waals surface area contributed by atoms with Crippen LogP contribution >= 0.6 is 0 Å². The monoisotopic (exact) mass is 326 g/mol. The van der Waals surface area contributed by atoms with Gasteiger partial charge in [-0.25, -0.2) is 8.42 Å². The lowest BCUT2D eigenvalue weighted by Gasteiger charge is -2.24. The number of anilines is 1. The fourth-order valence-corrected chi connectivity index (χ4v) is 4.07. The predicted molar refractivity (Wildman–Crippen MR) is 81.4 cm³/mol. The summed E-state index contributed by atoms with van der Waals surface area (Å²) >= 11 is 0. The highest BCUT2D eigenvalue weighted by molar-refractivity contribution is 7.92. The quantitative estimate of drug-likeness (QED) is 0.662. The minimum absolute atomic E-state index is 0.0147. The molecule has 2 fully saturated rings. The summed E-state index contributed by atoms with van der Waals surface area (Å²) in [6.07, 6.45) is 5.45. The van der Waals surface area contributed by atoms with Crippen LogP contribution in [0.4, 0.5) is 11.4 Å². The maximum atomic E-state index is 11.4. The van der Waals surface area contributed by atoms with Gasteiger partial charge in [0.2, 0.25) is 10.0 Å². The van der Waals surface area contributed by atoms with Crippen LogP contribution in [0.3, 0.4) is 0 Å². The molecule has 1 aromatic carbocycles. The van der Waals surface area contributed by atoms with Crippen molar-refractivity contribution in [2.45, 2.75) is 31.8 Å². The van der Waals surface area contributed by atoms with Gasteiger partial charge in [0.05, 0.1) is 22.9 Å². The first-order valence-electron chi connectivity index (χ1n) is 7.25. The summed E-state index contributed by atoms with van der Waals surface area (Å²) in [6, 6.07) is 3.93. The lowest BCUT2D eigenvalue weighted by Crippen LogP contribution is -2.24. The molecule has 0 unspecified atom stereocenters. The topological polar surface area (TPSA) is 98.5 Å². The van der Waals surface area contributed by atoms with Crippen LogP contribution in [-0.4, -0.2) is 25.7 Å². The molecule has 7 nitrogen and oxygen atoms in total. The smallest absolute Gasteiger partial charge is 0.273 e. The second-order valence-electron chi connectivity index (χ2n) is 6.14. The molecule has 0 heterocycles. The van der Waals surface area contributed by atoms with E-state index in [0.717, 1.165) is 25.5 Å². The molecule has 0 spiro atoms. The van der Waals surface area contributed by atoms with Gasteiger partial charge in [-0.05, 0) is 43.6 Å². The zero-order valence-corrected chi connectivity index (χ0v) is 13.0. The van der Waals surface area contributed by atoms with Crippen LogP contribution in [0, 0.1) is 22.0 Å². The molecule has 2 aliphatic carbocycles. The highest BCUT2D eigenvalue weighted by atomic mass is 32.2. The second-order valence-corrected chi connectivity index (χ2v) is 7.89. The largest absolute Gasteiger partial charge is 0.488 e. The van der Waals surface area contributed by atoms with Gasteiger partial charge in [-0.1, -0.05) is 0 Å². The van der Waals surface area contributed by atoms with E-state index in [2.05, 4.69) is 4.72 Å². The van der Waals surface area contributed by atoms with Gasteiger partial charge in [0, 0.05) is 6.07 Å². The first-order valence-corrected chi connectivity index (χ1v) is 9.14. The highest BCUT2D eigenvalue weighted by Crippen LogP contribution is 2.47. The second kappa shape index (κ2) is 5.42. The standard InChI is InChI=1S/C14H18N2O5S/c1-22(19,20)15-12-5-4-11(16(17)18)8-14(12)21-13-7-9-2-3-10(13)6-9/h4-5,8-10,13,15H,2-3,6-7H2,1H3/t9-,10+,13-/m0/s1. The molecule has 22 heavy (non-hydrogen) atoms. The van der Waals surface area contributed by atoms with E-state index in [0.29, 0.717) is 11.8 Å². The number of nitro benzene ring substituents is 1. The molecule has 120 valence electrons. The Morgan fingerprint density at radius 2 is 2.09 bits per heavy atom. The molecule has 0 amide bonds. The summed E-state index contributed by atoms with van der Waals surface area (Å²) in [6.45, 7) is 0. The fraction of sp³-hybridized carbons (Fsp3) is 0.571. The van der Waals surface area contributed by atoms with Crippen LogP contribution in [0.2, 0.25) is 0 Å². The molecule has 3 rings (SSSR count). The van der Waals surface area contributed by atoms with Crippen molar-refractivity contribution in [2.24, 2.45) is 11.8 Å². The Balaban J connectivity index is 1.88. The molecular formula is C14H18N2O5S. The summed E-state index contributed by atoms with van der Waals surface area (Å²) in [5, 5.41) is 10.9. The van der Waals surface area contributed by atoms with Crippen molar-refractivity contribution in [1.82, 2.24) is 0 Å². The van der Waals surface area contributed by atoms with E-state index in [4.69, 9.17) is 4.74 Å². The van der Waals surface area contributed by atoms with Crippen molar-refractivity contribution in [3.8, 4) is 5.75 Å². The molecule has 0 aliphatic heterocycles. The number of non-ortho nitro benzene ring substituents is 1. The van der Waals surface area contributed by atoms with Crippen molar-refractivity contribution in [1.29, 1.82) is 0 Å². The van der Waals surface area contributed by atoms with E-state index in [1.54, 1.807) is 0 Å². The normalized spacial score (nSPS) is 26.9. The first kappa shape index (κ1) is 15.1. The van der Waals surface area contributed by atoms with Crippen molar-refractivity contribution in [2.75, 3.05) is 11.0 Å². The van der Waals surface area contributed by atoms with Crippen LogP contribution in [0.25, 0.3) is 0 Å². The fourth-order valence-electron chi connectivity index (χ4n) is 3.50. The number of sulfonamides is 1. The van der Waals surface area contributed by atoms with Crippen molar-refractivity contribution >= 4 is 21.4 Å². The molecule has 1 aromatic rings. The lowest BCUT2D eigenvalue weighted by atomic mass is 9.98. The van der Waals surface area contributed by atoms with Crippen LogP contribution in [0.15, 0.2) is 18.2 Å². The number of benzene rings is 1. The Kier molecular flexibility index (Phi) is 3.72. The zero-order valence-electron chi connectivity index (χ0n) is 12.2. The Morgan fingerprint density at radius 1 is 1.32 bits per heavy atom. The van der Waals surface area contributed by atoms with E-state index in [9.17, 15) is 18.5 Å². The molecule has 8 heteroatoms. The molecule has 2 saturated carbocycles.